The van der Waals surface area contributed by atoms with E-state index in [4.69, 9.17) is 0 Å². The standard InChI is InChI=1S/C15H15FN2OS/c1-11(20-14-4-2-3-9-17-14)15(19)18-10-12-5-7-13(16)8-6-12/h2-9,11H,10H2,1H3,(H,18,19)/t11-/m1/s1. The van der Waals surface area contributed by atoms with Gasteiger partial charge in [-0.2, -0.15) is 0 Å². The summed E-state index contributed by atoms with van der Waals surface area (Å²) < 4.78 is 12.8. The molecule has 1 atom stereocenters. The van der Waals surface area contributed by atoms with Gasteiger partial charge >= 0.3 is 0 Å². The zero-order valence-electron chi connectivity index (χ0n) is 11.0. The Kier molecular flexibility index (Phi) is 5.12. The first-order chi connectivity index (χ1) is 9.65. The van der Waals surface area contributed by atoms with Gasteiger partial charge in [-0.25, -0.2) is 9.37 Å². The minimum Gasteiger partial charge on any atom is -0.351 e. The van der Waals surface area contributed by atoms with Crippen LogP contribution >= 0.6 is 11.8 Å². The third kappa shape index (κ3) is 4.35. The van der Waals surface area contributed by atoms with Gasteiger partial charge in [0.15, 0.2) is 0 Å². The zero-order chi connectivity index (χ0) is 14.4. The summed E-state index contributed by atoms with van der Waals surface area (Å²) in [5.41, 5.74) is 0.870. The van der Waals surface area contributed by atoms with Gasteiger partial charge in [-0.05, 0) is 36.8 Å². The molecule has 0 aliphatic rings. The fourth-order valence-electron chi connectivity index (χ4n) is 1.59. The molecular weight excluding hydrogens is 275 g/mol. The van der Waals surface area contributed by atoms with Gasteiger partial charge in [0.25, 0.3) is 0 Å². The van der Waals surface area contributed by atoms with E-state index in [1.165, 1.54) is 23.9 Å². The average molecular weight is 290 g/mol. The van der Waals surface area contributed by atoms with E-state index in [9.17, 15) is 9.18 Å². The molecule has 1 N–H and O–H groups in total. The van der Waals surface area contributed by atoms with Gasteiger partial charge in [0.05, 0.1) is 10.3 Å². The van der Waals surface area contributed by atoms with Crippen LogP contribution in [0.3, 0.4) is 0 Å². The lowest BCUT2D eigenvalue weighted by atomic mass is 10.2. The van der Waals surface area contributed by atoms with Crippen LogP contribution in [-0.4, -0.2) is 16.1 Å². The predicted octanol–water partition coefficient (Wildman–Crippen LogP) is 3.02. The highest BCUT2D eigenvalue weighted by Gasteiger charge is 2.14. The van der Waals surface area contributed by atoms with E-state index in [2.05, 4.69) is 10.3 Å². The number of amides is 1. The molecule has 104 valence electrons. The van der Waals surface area contributed by atoms with Gasteiger partial charge in [0.2, 0.25) is 5.91 Å². The smallest absolute Gasteiger partial charge is 0.233 e. The summed E-state index contributed by atoms with van der Waals surface area (Å²) in [7, 11) is 0. The van der Waals surface area contributed by atoms with Crippen molar-refractivity contribution in [2.45, 2.75) is 23.7 Å². The van der Waals surface area contributed by atoms with E-state index in [0.717, 1.165) is 10.6 Å². The molecule has 1 amide bonds. The van der Waals surface area contributed by atoms with Crippen LogP contribution in [0.1, 0.15) is 12.5 Å². The number of thioether (sulfide) groups is 1. The molecule has 1 heterocycles. The number of nitrogens with zero attached hydrogens (tertiary/aromatic N) is 1. The van der Waals surface area contributed by atoms with Crippen LogP contribution < -0.4 is 5.32 Å². The monoisotopic (exact) mass is 290 g/mol. The van der Waals surface area contributed by atoms with Gasteiger partial charge in [0, 0.05) is 12.7 Å². The summed E-state index contributed by atoms with van der Waals surface area (Å²) in [5, 5.41) is 3.41. The van der Waals surface area contributed by atoms with Crippen molar-refractivity contribution in [3.05, 3.63) is 60.0 Å². The SMILES string of the molecule is C[C@@H](Sc1ccccn1)C(=O)NCc1ccc(F)cc1. The zero-order valence-corrected chi connectivity index (χ0v) is 11.9. The van der Waals surface area contributed by atoms with Crippen molar-refractivity contribution in [3.63, 3.8) is 0 Å². The van der Waals surface area contributed by atoms with E-state index in [1.807, 2.05) is 25.1 Å². The van der Waals surface area contributed by atoms with Crippen LogP contribution in [0.15, 0.2) is 53.7 Å². The lowest BCUT2D eigenvalue weighted by molar-refractivity contribution is -0.120. The molecule has 0 aliphatic carbocycles. The Bertz CT molecular complexity index is 560. The number of nitrogens with one attached hydrogen (secondary N) is 1. The number of halogens is 1. The Morgan fingerprint density at radius 2 is 2.05 bits per heavy atom. The Morgan fingerprint density at radius 3 is 2.70 bits per heavy atom. The molecule has 1 aromatic carbocycles. The lowest BCUT2D eigenvalue weighted by Crippen LogP contribution is -2.30. The van der Waals surface area contributed by atoms with Crippen LogP contribution in [0.2, 0.25) is 0 Å². The molecule has 0 radical (unpaired) electrons. The fourth-order valence-corrected chi connectivity index (χ4v) is 2.42. The number of carbonyl (C=O) groups is 1. The van der Waals surface area contributed by atoms with Crippen molar-refractivity contribution in [3.8, 4) is 0 Å². The van der Waals surface area contributed by atoms with Crippen molar-refractivity contribution in [2.75, 3.05) is 0 Å². The Labute approximate surface area is 121 Å². The Morgan fingerprint density at radius 1 is 1.30 bits per heavy atom. The topological polar surface area (TPSA) is 42.0 Å². The second-order valence-corrected chi connectivity index (χ2v) is 5.63. The summed E-state index contributed by atoms with van der Waals surface area (Å²) in [6.45, 7) is 2.23. The molecule has 0 saturated carbocycles. The Hall–Kier alpha value is -1.88. The minimum atomic E-state index is -0.279. The van der Waals surface area contributed by atoms with Crippen LogP contribution in [0.5, 0.6) is 0 Å². The number of hydrogen-bond acceptors (Lipinski definition) is 3. The number of rotatable bonds is 5. The summed E-state index contributed by atoms with van der Waals surface area (Å²) in [5.74, 6) is -0.343. The summed E-state index contributed by atoms with van der Waals surface area (Å²) in [4.78, 5) is 16.1. The van der Waals surface area contributed by atoms with Crippen LogP contribution in [-0.2, 0) is 11.3 Å². The van der Waals surface area contributed by atoms with E-state index in [-0.39, 0.29) is 17.0 Å². The van der Waals surface area contributed by atoms with E-state index in [0.29, 0.717) is 6.54 Å². The van der Waals surface area contributed by atoms with Gasteiger partial charge < -0.3 is 5.32 Å². The van der Waals surface area contributed by atoms with Crippen molar-refractivity contribution in [2.24, 2.45) is 0 Å². The van der Waals surface area contributed by atoms with E-state index >= 15 is 0 Å². The van der Waals surface area contributed by atoms with E-state index < -0.39 is 0 Å². The normalized spacial score (nSPS) is 11.9. The molecular formula is C15H15FN2OS. The van der Waals surface area contributed by atoms with Crippen molar-refractivity contribution >= 4 is 17.7 Å². The quantitative estimate of drug-likeness (QED) is 0.861. The van der Waals surface area contributed by atoms with Gasteiger partial charge in [-0.3, -0.25) is 4.79 Å². The highest BCUT2D eigenvalue weighted by atomic mass is 32.2. The number of benzene rings is 1. The molecule has 0 unspecified atom stereocenters. The molecule has 1 aromatic heterocycles. The van der Waals surface area contributed by atoms with Crippen molar-refractivity contribution < 1.29 is 9.18 Å². The van der Waals surface area contributed by atoms with Gasteiger partial charge in [-0.1, -0.05) is 30.0 Å². The maximum Gasteiger partial charge on any atom is 0.233 e. The first-order valence-corrected chi connectivity index (χ1v) is 7.13. The second kappa shape index (κ2) is 7.05. The van der Waals surface area contributed by atoms with Crippen LogP contribution in [0.4, 0.5) is 4.39 Å². The lowest BCUT2D eigenvalue weighted by Gasteiger charge is -2.11. The number of carbonyl (C=O) groups excluding carboxylic acids is 1. The molecule has 20 heavy (non-hydrogen) atoms. The molecule has 0 spiro atoms. The fraction of sp³-hybridized carbons (Fsp3) is 0.200. The van der Waals surface area contributed by atoms with E-state index in [1.54, 1.807) is 18.3 Å². The average Bonchev–Trinajstić information content (AvgIpc) is 2.47. The third-order valence-corrected chi connectivity index (χ3v) is 3.74. The van der Waals surface area contributed by atoms with Crippen molar-refractivity contribution in [1.29, 1.82) is 0 Å². The molecule has 0 bridgehead atoms. The maximum absolute atomic E-state index is 12.8. The molecule has 5 heteroatoms. The van der Waals surface area contributed by atoms with Crippen LogP contribution in [0.25, 0.3) is 0 Å². The van der Waals surface area contributed by atoms with Crippen molar-refractivity contribution in [1.82, 2.24) is 10.3 Å². The second-order valence-electron chi connectivity index (χ2n) is 4.27. The first kappa shape index (κ1) is 14.5. The van der Waals surface area contributed by atoms with Gasteiger partial charge in [0.1, 0.15) is 5.82 Å². The summed E-state index contributed by atoms with van der Waals surface area (Å²) in [6.07, 6.45) is 1.70. The summed E-state index contributed by atoms with van der Waals surface area (Å²) >= 11 is 1.41. The molecule has 0 saturated heterocycles. The molecule has 3 nitrogen and oxygen atoms in total. The molecule has 0 aliphatic heterocycles. The maximum atomic E-state index is 12.8. The van der Waals surface area contributed by atoms with Crippen LogP contribution in [0, 0.1) is 5.82 Å². The molecule has 2 rings (SSSR count). The summed E-state index contributed by atoms with van der Waals surface area (Å²) in [6, 6.07) is 11.7. The predicted molar refractivity (Wildman–Crippen MR) is 77.8 cm³/mol. The Balaban J connectivity index is 1.83. The number of pyridine rings is 1. The minimum absolute atomic E-state index is 0.0648. The largest absolute Gasteiger partial charge is 0.351 e. The molecule has 2 aromatic rings. The highest BCUT2D eigenvalue weighted by Crippen LogP contribution is 2.20. The van der Waals surface area contributed by atoms with Gasteiger partial charge in [-0.15, -0.1) is 0 Å². The highest BCUT2D eigenvalue weighted by molar-refractivity contribution is 8.00. The first-order valence-electron chi connectivity index (χ1n) is 6.25. The number of hydrogen-bond donors (Lipinski definition) is 1. The number of aromatic nitrogens is 1. The third-order valence-electron chi connectivity index (χ3n) is 2.68. The molecule has 0 fully saturated rings.